The number of aromatic nitrogens is 1. The molecule has 10 heteroatoms. The number of rotatable bonds is 15. The van der Waals surface area contributed by atoms with Crippen molar-refractivity contribution < 1.29 is 27.5 Å². The van der Waals surface area contributed by atoms with E-state index in [1.54, 1.807) is 18.3 Å². The van der Waals surface area contributed by atoms with Gasteiger partial charge in [0.25, 0.3) is 0 Å². The van der Waals surface area contributed by atoms with Gasteiger partial charge in [0.05, 0.1) is 5.56 Å². The molecule has 0 aliphatic carbocycles. The van der Waals surface area contributed by atoms with E-state index in [-0.39, 0.29) is 30.7 Å². The Morgan fingerprint density at radius 3 is 2.46 bits per heavy atom. The Morgan fingerprint density at radius 2 is 1.84 bits per heavy atom. The summed E-state index contributed by atoms with van der Waals surface area (Å²) >= 11 is 1.26. The summed E-state index contributed by atoms with van der Waals surface area (Å²) < 4.78 is 55.1. The summed E-state index contributed by atoms with van der Waals surface area (Å²) in [7, 11) is 1.85. The summed E-state index contributed by atoms with van der Waals surface area (Å²) in [5.41, 5.74) is 0.673. The standard InChI is InChI=1S/C27H37F4N3O2S/c1-19(16-33-26(2,3)12-6-8-20-10-11-24(28)32-17-20)18-34(4)37-23-14-21(7-5-9-25(35)36)13-22(15-23)27(29,30)31/h10-11,13-15,17,19,33H,5-9,12,16,18H2,1-4H3,(H,35,36)/t19-/m1/s1. The number of aliphatic carboxylic acids is 1. The second-order valence-electron chi connectivity index (χ2n) is 10.2. The van der Waals surface area contributed by atoms with Gasteiger partial charge in [-0.15, -0.1) is 0 Å². The maximum absolute atomic E-state index is 13.4. The summed E-state index contributed by atoms with van der Waals surface area (Å²) in [5.74, 6) is -1.19. The van der Waals surface area contributed by atoms with Crippen LogP contribution in [0.25, 0.3) is 0 Å². The molecule has 0 unspecified atom stereocenters. The van der Waals surface area contributed by atoms with Crippen molar-refractivity contribution in [1.29, 1.82) is 0 Å². The minimum atomic E-state index is -4.47. The van der Waals surface area contributed by atoms with Gasteiger partial charge in [0.2, 0.25) is 5.95 Å². The molecule has 0 saturated heterocycles. The first kappa shape index (κ1) is 31.1. The van der Waals surface area contributed by atoms with Crippen LogP contribution in [0.2, 0.25) is 0 Å². The number of nitrogens with zero attached hydrogens (tertiary/aromatic N) is 2. The maximum atomic E-state index is 13.4. The number of pyridine rings is 1. The van der Waals surface area contributed by atoms with Crippen molar-refractivity contribution >= 4 is 17.9 Å². The fourth-order valence-electron chi connectivity index (χ4n) is 4.01. The van der Waals surface area contributed by atoms with Crippen LogP contribution < -0.4 is 5.32 Å². The maximum Gasteiger partial charge on any atom is 0.416 e. The SMILES string of the molecule is C[C@H](CNC(C)(C)CCCc1ccc(F)nc1)CN(C)Sc1cc(CCCC(=O)O)cc(C(F)(F)F)c1. The van der Waals surface area contributed by atoms with Crippen LogP contribution >= 0.6 is 11.9 Å². The van der Waals surface area contributed by atoms with E-state index in [1.165, 1.54) is 18.0 Å². The molecule has 0 fully saturated rings. The van der Waals surface area contributed by atoms with Crippen LogP contribution in [0.1, 0.15) is 63.1 Å². The Morgan fingerprint density at radius 1 is 1.14 bits per heavy atom. The Hall–Kier alpha value is -2.17. The molecule has 0 saturated carbocycles. The van der Waals surface area contributed by atoms with Gasteiger partial charge in [-0.25, -0.2) is 9.29 Å². The van der Waals surface area contributed by atoms with Crippen molar-refractivity contribution in [3.8, 4) is 0 Å². The molecule has 1 aromatic heterocycles. The molecule has 1 heterocycles. The van der Waals surface area contributed by atoms with Crippen LogP contribution in [-0.2, 0) is 23.8 Å². The highest BCUT2D eigenvalue weighted by Crippen LogP contribution is 2.34. The molecule has 0 bridgehead atoms. The smallest absolute Gasteiger partial charge is 0.416 e. The topological polar surface area (TPSA) is 65.5 Å². The average molecular weight is 544 g/mol. The van der Waals surface area contributed by atoms with Crippen molar-refractivity contribution in [2.75, 3.05) is 20.1 Å². The van der Waals surface area contributed by atoms with E-state index in [4.69, 9.17) is 5.11 Å². The third-order valence-corrected chi connectivity index (χ3v) is 6.87. The van der Waals surface area contributed by atoms with Crippen LogP contribution in [0.15, 0.2) is 41.4 Å². The van der Waals surface area contributed by atoms with Crippen LogP contribution in [-0.4, -0.2) is 46.0 Å². The Labute approximate surface area is 221 Å². The van der Waals surface area contributed by atoms with Gasteiger partial charge in [0.1, 0.15) is 0 Å². The van der Waals surface area contributed by atoms with Crippen LogP contribution in [0.3, 0.4) is 0 Å². The highest BCUT2D eigenvalue weighted by Gasteiger charge is 2.31. The highest BCUT2D eigenvalue weighted by atomic mass is 32.2. The summed E-state index contributed by atoms with van der Waals surface area (Å²) in [6.45, 7) is 7.78. The number of hydrogen-bond donors (Lipinski definition) is 2. The lowest BCUT2D eigenvalue weighted by Crippen LogP contribution is -2.43. The van der Waals surface area contributed by atoms with Crippen molar-refractivity contribution in [3.63, 3.8) is 0 Å². The molecule has 0 amide bonds. The molecule has 0 aliphatic heterocycles. The molecule has 0 radical (unpaired) electrons. The number of carboxylic acid groups (broad SMARTS) is 1. The highest BCUT2D eigenvalue weighted by molar-refractivity contribution is 7.97. The fraction of sp³-hybridized carbons (Fsp3) is 0.556. The van der Waals surface area contributed by atoms with Gasteiger partial charge in [0, 0.05) is 29.6 Å². The number of carbonyl (C=O) groups is 1. The van der Waals surface area contributed by atoms with Crippen molar-refractivity contribution in [1.82, 2.24) is 14.6 Å². The summed E-state index contributed by atoms with van der Waals surface area (Å²) in [4.78, 5) is 14.9. The fourth-order valence-corrected chi connectivity index (χ4v) is 5.09. The zero-order valence-corrected chi connectivity index (χ0v) is 22.7. The van der Waals surface area contributed by atoms with Gasteiger partial charge in [-0.1, -0.05) is 13.0 Å². The lowest BCUT2D eigenvalue weighted by atomic mass is 9.95. The molecule has 0 aliphatic rings. The minimum Gasteiger partial charge on any atom is -0.481 e. The molecule has 0 spiro atoms. The largest absolute Gasteiger partial charge is 0.481 e. The minimum absolute atomic E-state index is 0.0804. The first-order valence-corrected chi connectivity index (χ1v) is 13.2. The van der Waals surface area contributed by atoms with Gasteiger partial charge in [-0.05, 0) is 113 Å². The summed E-state index contributed by atoms with van der Waals surface area (Å²) in [5, 5.41) is 12.4. The third kappa shape index (κ3) is 12.3. The third-order valence-electron chi connectivity index (χ3n) is 5.96. The zero-order chi connectivity index (χ0) is 27.6. The number of hydrogen-bond acceptors (Lipinski definition) is 5. The normalized spacial score (nSPS) is 13.2. The predicted octanol–water partition coefficient (Wildman–Crippen LogP) is 6.61. The Balaban J connectivity index is 1.85. The molecule has 2 N–H and O–H groups in total. The van der Waals surface area contributed by atoms with E-state index in [9.17, 15) is 22.4 Å². The number of aryl methyl sites for hydroxylation is 2. The first-order valence-electron chi connectivity index (χ1n) is 12.4. The average Bonchev–Trinajstić information content (AvgIpc) is 2.78. The van der Waals surface area contributed by atoms with Crippen molar-refractivity contribution in [3.05, 3.63) is 59.2 Å². The van der Waals surface area contributed by atoms with E-state index >= 15 is 0 Å². The molecule has 1 atom stereocenters. The number of nitrogens with one attached hydrogen (secondary N) is 1. The van der Waals surface area contributed by atoms with E-state index in [2.05, 4.69) is 31.1 Å². The van der Waals surface area contributed by atoms with Crippen LogP contribution in [0.5, 0.6) is 0 Å². The Kier molecular flexibility index (Phi) is 11.8. The van der Waals surface area contributed by atoms with E-state index in [1.807, 2.05) is 11.4 Å². The second kappa shape index (κ2) is 14.1. The van der Waals surface area contributed by atoms with Crippen molar-refractivity contribution in [2.24, 2.45) is 5.92 Å². The van der Waals surface area contributed by atoms with Gasteiger partial charge >= 0.3 is 12.1 Å². The molecule has 5 nitrogen and oxygen atoms in total. The number of carboxylic acids is 1. The van der Waals surface area contributed by atoms with Gasteiger partial charge in [-0.3, -0.25) is 4.79 Å². The summed E-state index contributed by atoms with van der Waals surface area (Å²) in [6, 6.07) is 7.08. The van der Waals surface area contributed by atoms with Crippen LogP contribution in [0, 0.1) is 11.9 Å². The predicted molar refractivity (Wildman–Crippen MR) is 139 cm³/mol. The van der Waals surface area contributed by atoms with Gasteiger partial charge in [-0.2, -0.15) is 17.6 Å². The quantitative estimate of drug-likeness (QED) is 0.150. The number of halogens is 4. The number of alkyl halides is 3. The summed E-state index contributed by atoms with van der Waals surface area (Å²) in [6.07, 6.45) is 0.266. The molecular formula is C27H37F4N3O2S. The lowest BCUT2D eigenvalue weighted by molar-refractivity contribution is -0.138. The van der Waals surface area contributed by atoms with Gasteiger partial charge in [0.15, 0.2) is 0 Å². The molecule has 37 heavy (non-hydrogen) atoms. The van der Waals surface area contributed by atoms with E-state index in [0.29, 0.717) is 17.0 Å². The van der Waals surface area contributed by atoms with Crippen LogP contribution in [0.4, 0.5) is 17.6 Å². The second-order valence-corrected chi connectivity index (χ2v) is 11.5. The van der Waals surface area contributed by atoms with Gasteiger partial charge < -0.3 is 10.4 Å². The lowest BCUT2D eigenvalue weighted by Gasteiger charge is -2.29. The monoisotopic (exact) mass is 543 g/mol. The molecule has 2 aromatic rings. The molecular weight excluding hydrogens is 506 g/mol. The first-order chi connectivity index (χ1) is 17.2. The number of benzene rings is 1. The Bertz CT molecular complexity index is 1000. The molecule has 1 aromatic carbocycles. The molecule has 2 rings (SSSR count). The van der Waals surface area contributed by atoms with Crippen molar-refractivity contribution in [2.45, 2.75) is 75.9 Å². The van der Waals surface area contributed by atoms with E-state index < -0.39 is 23.7 Å². The molecule has 206 valence electrons. The van der Waals surface area contributed by atoms with E-state index in [0.717, 1.165) is 43.5 Å². The zero-order valence-electron chi connectivity index (χ0n) is 21.9.